The predicted octanol–water partition coefficient (Wildman–Crippen LogP) is 4.78. The summed E-state index contributed by atoms with van der Waals surface area (Å²) in [6.45, 7) is 2.55. The number of amides is 1. The number of aromatic nitrogens is 1. The smallest absolute Gasteiger partial charge is 0.268 e. The lowest BCUT2D eigenvalue weighted by Gasteiger charge is -2.13. The fraction of sp³-hybridized carbons (Fsp3) is 0.174. The Kier molecular flexibility index (Phi) is 4.89. The Hall–Kier alpha value is -3.47. The highest BCUT2D eigenvalue weighted by Crippen LogP contribution is 2.30. The number of carbonyl (C=O) groups is 1. The Balaban J connectivity index is 1.52. The number of hydrogen-bond donors (Lipinski definition) is 1. The quantitative estimate of drug-likeness (QED) is 0.528. The van der Waals surface area contributed by atoms with Crippen LogP contribution in [0.4, 0.5) is 0 Å². The molecule has 4 aromatic rings. The van der Waals surface area contributed by atoms with Crippen LogP contribution in [-0.4, -0.2) is 17.6 Å². The summed E-state index contributed by atoms with van der Waals surface area (Å²) in [4.78, 5) is 12.8. The van der Waals surface area contributed by atoms with Crippen molar-refractivity contribution in [1.29, 1.82) is 0 Å². The average Bonchev–Trinajstić information content (AvgIpc) is 3.35. The zero-order chi connectivity index (χ0) is 19.5. The van der Waals surface area contributed by atoms with Crippen LogP contribution in [0.15, 0.2) is 77.3 Å². The number of nitrogens with one attached hydrogen (secondary N) is 1. The summed E-state index contributed by atoms with van der Waals surface area (Å²) >= 11 is 0. The van der Waals surface area contributed by atoms with E-state index in [2.05, 4.69) is 5.32 Å². The van der Waals surface area contributed by atoms with Gasteiger partial charge >= 0.3 is 0 Å². The molecule has 5 nitrogen and oxygen atoms in total. The third kappa shape index (κ3) is 3.51. The highest BCUT2D eigenvalue weighted by Gasteiger charge is 2.18. The summed E-state index contributed by atoms with van der Waals surface area (Å²) < 4.78 is 13.2. The van der Waals surface area contributed by atoms with Gasteiger partial charge in [0.25, 0.3) is 5.91 Å². The largest absolute Gasteiger partial charge is 0.493 e. The Morgan fingerprint density at radius 1 is 1.11 bits per heavy atom. The number of fused-ring (bicyclic) bond motifs is 1. The van der Waals surface area contributed by atoms with Gasteiger partial charge in [0.15, 0.2) is 11.3 Å². The van der Waals surface area contributed by atoms with Gasteiger partial charge in [0.1, 0.15) is 11.5 Å². The number of carbonyl (C=O) groups excluding carboxylic acids is 1. The number of ether oxygens (including phenoxy) is 1. The SMILES string of the molecule is COc1cccc2cc(C(C)NC(=O)c3cccn3Cc3ccccc3)oc12. The molecular weight excluding hydrogens is 352 g/mol. The van der Waals surface area contributed by atoms with Crippen molar-refractivity contribution < 1.29 is 13.9 Å². The molecule has 2 heterocycles. The van der Waals surface area contributed by atoms with Crippen LogP contribution < -0.4 is 10.1 Å². The molecule has 1 unspecified atom stereocenters. The fourth-order valence-electron chi connectivity index (χ4n) is 3.31. The summed E-state index contributed by atoms with van der Waals surface area (Å²) in [5, 5.41) is 3.98. The van der Waals surface area contributed by atoms with Crippen molar-refractivity contribution in [3.8, 4) is 5.75 Å². The molecule has 0 saturated carbocycles. The van der Waals surface area contributed by atoms with E-state index < -0.39 is 0 Å². The van der Waals surface area contributed by atoms with Crippen molar-refractivity contribution >= 4 is 16.9 Å². The number of hydrogen-bond acceptors (Lipinski definition) is 3. The van der Waals surface area contributed by atoms with E-state index in [1.54, 1.807) is 7.11 Å². The van der Waals surface area contributed by atoms with Gasteiger partial charge in [-0.2, -0.15) is 0 Å². The van der Waals surface area contributed by atoms with Crippen LogP contribution in [0.25, 0.3) is 11.0 Å². The van der Waals surface area contributed by atoms with Gasteiger partial charge in [-0.25, -0.2) is 0 Å². The summed E-state index contributed by atoms with van der Waals surface area (Å²) in [6, 6.07) is 21.2. The van der Waals surface area contributed by atoms with E-state index in [4.69, 9.17) is 9.15 Å². The maximum atomic E-state index is 12.8. The van der Waals surface area contributed by atoms with E-state index in [0.29, 0.717) is 29.3 Å². The van der Waals surface area contributed by atoms with Gasteiger partial charge in [0.2, 0.25) is 0 Å². The zero-order valence-corrected chi connectivity index (χ0v) is 15.9. The molecule has 0 fully saturated rings. The predicted molar refractivity (Wildman–Crippen MR) is 109 cm³/mol. The molecule has 28 heavy (non-hydrogen) atoms. The molecule has 2 aromatic carbocycles. The molecule has 0 aliphatic carbocycles. The standard InChI is InChI=1S/C23H22N2O3/c1-16(21-14-18-10-6-12-20(27-2)22(18)28-21)24-23(26)19-11-7-13-25(19)15-17-8-4-3-5-9-17/h3-14,16H,15H2,1-2H3,(H,24,26). The maximum Gasteiger partial charge on any atom is 0.268 e. The molecule has 0 saturated heterocycles. The molecule has 0 bridgehead atoms. The van der Waals surface area contributed by atoms with Crippen LogP contribution >= 0.6 is 0 Å². The van der Waals surface area contributed by atoms with Crippen LogP contribution in [0.5, 0.6) is 5.75 Å². The highest BCUT2D eigenvalue weighted by molar-refractivity contribution is 5.93. The van der Waals surface area contributed by atoms with Crippen LogP contribution in [0, 0.1) is 0 Å². The van der Waals surface area contributed by atoms with Gasteiger partial charge in [0.05, 0.1) is 13.2 Å². The van der Waals surface area contributed by atoms with Crippen molar-refractivity contribution in [1.82, 2.24) is 9.88 Å². The Morgan fingerprint density at radius 3 is 2.71 bits per heavy atom. The molecule has 1 N–H and O–H groups in total. The maximum absolute atomic E-state index is 12.8. The summed E-state index contributed by atoms with van der Waals surface area (Å²) in [6.07, 6.45) is 1.92. The lowest BCUT2D eigenvalue weighted by atomic mass is 10.2. The minimum absolute atomic E-state index is 0.138. The van der Waals surface area contributed by atoms with E-state index in [0.717, 1.165) is 10.9 Å². The van der Waals surface area contributed by atoms with Crippen LogP contribution in [0.2, 0.25) is 0 Å². The molecule has 1 amide bonds. The van der Waals surface area contributed by atoms with E-state index in [-0.39, 0.29) is 11.9 Å². The number of nitrogens with zero attached hydrogens (tertiary/aromatic N) is 1. The van der Waals surface area contributed by atoms with E-state index in [1.165, 1.54) is 0 Å². The van der Waals surface area contributed by atoms with Crippen LogP contribution in [0.3, 0.4) is 0 Å². The van der Waals surface area contributed by atoms with Crippen molar-refractivity contribution in [2.45, 2.75) is 19.5 Å². The second kappa shape index (κ2) is 7.64. The number of rotatable bonds is 6. The zero-order valence-electron chi connectivity index (χ0n) is 15.9. The van der Waals surface area contributed by atoms with Gasteiger partial charge in [0, 0.05) is 18.1 Å². The van der Waals surface area contributed by atoms with Gasteiger partial charge < -0.3 is 19.0 Å². The van der Waals surface area contributed by atoms with Gasteiger partial charge in [-0.1, -0.05) is 42.5 Å². The van der Waals surface area contributed by atoms with Crippen molar-refractivity contribution in [3.63, 3.8) is 0 Å². The summed E-state index contributed by atoms with van der Waals surface area (Å²) in [7, 11) is 1.61. The topological polar surface area (TPSA) is 56.4 Å². The molecule has 0 aliphatic rings. The Labute approximate surface area is 163 Å². The van der Waals surface area contributed by atoms with Crippen molar-refractivity contribution in [3.05, 3.63) is 89.9 Å². The summed E-state index contributed by atoms with van der Waals surface area (Å²) in [5.74, 6) is 1.23. The van der Waals surface area contributed by atoms with Crippen LogP contribution in [0.1, 0.15) is 34.8 Å². The van der Waals surface area contributed by atoms with Crippen molar-refractivity contribution in [2.75, 3.05) is 7.11 Å². The summed E-state index contributed by atoms with van der Waals surface area (Å²) in [5.41, 5.74) is 2.45. The first-order chi connectivity index (χ1) is 13.7. The molecule has 0 aliphatic heterocycles. The highest BCUT2D eigenvalue weighted by atomic mass is 16.5. The molecule has 1 atom stereocenters. The van der Waals surface area contributed by atoms with Gasteiger partial charge in [-0.15, -0.1) is 0 Å². The molecule has 4 rings (SSSR count). The third-order valence-corrected chi connectivity index (χ3v) is 4.78. The first-order valence-electron chi connectivity index (χ1n) is 9.22. The fourth-order valence-corrected chi connectivity index (χ4v) is 3.31. The molecule has 142 valence electrons. The number of benzene rings is 2. The average molecular weight is 374 g/mol. The molecule has 2 aromatic heterocycles. The molecule has 5 heteroatoms. The van der Waals surface area contributed by atoms with Gasteiger partial charge in [-0.3, -0.25) is 4.79 Å². The van der Waals surface area contributed by atoms with E-state index in [9.17, 15) is 4.79 Å². The lowest BCUT2D eigenvalue weighted by Crippen LogP contribution is -2.28. The van der Waals surface area contributed by atoms with Crippen LogP contribution in [-0.2, 0) is 6.54 Å². The number of para-hydroxylation sites is 1. The Morgan fingerprint density at radius 2 is 1.93 bits per heavy atom. The Bertz CT molecular complexity index is 1100. The molecular formula is C23H22N2O3. The third-order valence-electron chi connectivity index (χ3n) is 4.78. The number of methoxy groups -OCH3 is 1. The minimum Gasteiger partial charge on any atom is -0.493 e. The first kappa shape index (κ1) is 17.9. The van der Waals surface area contributed by atoms with Crippen molar-refractivity contribution in [2.24, 2.45) is 0 Å². The first-order valence-corrected chi connectivity index (χ1v) is 9.22. The second-order valence-corrected chi connectivity index (χ2v) is 6.73. The number of furan rings is 1. The van der Waals surface area contributed by atoms with E-state index in [1.807, 2.05) is 84.4 Å². The lowest BCUT2D eigenvalue weighted by molar-refractivity contribution is 0.0927. The second-order valence-electron chi connectivity index (χ2n) is 6.73. The van der Waals surface area contributed by atoms with Gasteiger partial charge in [-0.05, 0) is 36.8 Å². The molecule has 0 spiro atoms. The van der Waals surface area contributed by atoms with E-state index >= 15 is 0 Å². The molecule has 0 radical (unpaired) electrons. The monoisotopic (exact) mass is 374 g/mol. The normalized spacial score (nSPS) is 12.1. The minimum atomic E-state index is -0.273.